The summed E-state index contributed by atoms with van der Waals surface area (Å²) in [6.07, 6.45) is 8.95. The molecule has 0 radical (unpaired) electrons. The third-order valence-electron chi connectivity index (χ3n) is 5.69. The molecular formula is C23H40N6O2. The number of rotatable bonds is 8. The van der Waals surface area contributed by atoms with E-state index >= 15 is 0 Å². The fraction of sp³-hybridized carbons (Fsp3) is 0.783. The highest BCUT2D eigenvalue weighted by molar-refractivity contribution is 5.80. The summed E-state index contributed by atoms with van der Waals surface area (Å²) >= 11 is 0. The Bertz CT molecular complexity index is 700. The molecule has 2 fully saturated rings. The van der Waals surface area contributed by atoms with Gasteiger partial charge in [-0.05, 0) is 71.8 Å². The van der Waals surface area contributed by atoms with Crippen LogP contribution in [0.2, 0.25) is 0 Å². The number of carbonyl (C=O) groups excluding carboxylic acids is 1. The van der Waals surface area contributed by atoms with Crippen molar-refractivity contribution in [1.82, 2.24) is 24.9 Å². The zero-order valence-electron chi connectivity index (χ0n) is 19.7. The fourth-order valence-electron chi connectivity index (χ4n) is 3.94. The number of aromatic nitrogens is 2. The Morgan fingerprint density at radius 2 is 2.00 bits per heavy atom. The number of piperidine rings is 1. The number of amides is 1. The van der Waals surface area contributed by atoms with Crippen LogP contribution in [0.25, 0.3) is 0 Å². The Morgan fingerprint density at radius 3 is 2.58 bits per heavy atom. The standard InChI is InChI=1S/C23H40N6O2/c1-5-24-21(25-12-6-14-28-15-7-13-26-28)27-16-10-20(11-17-27)29(18-19-8-9-19)22(30)31-23(2,3)4/h7,13,15,19-20H,5-6,8-12,14,16-18H2,1-4H3,(H,24,25). The number of likely N-dealkylation sites (tertiary alicyclic amines) is 1. The molecule has 0 bridgehead atoms. The van der Waals surface area contributed by atoms with Crippen molar-refractivity contribution in [3.8, 4) is 0 Å². The third kappa shape index (κ3) is 7.74. The Labute approximate surface area is 187 Å². The molecule has 1 amide bonds. The lowest BCUT2D eigenvalue weighted by molar-refractivity contribution is 0.00928. The van der Waals surface area contributed by atoms with E-state index in [2.05, 4.69) is 22.2 Å². The van der Waals surface area contributed by atoms with Gasteiger partial charge < -0.3 is 19.9 Å². The first-order chi connectivity index (χ1) is 14.9. The van der Waals surface area contributed by atoms with E-state index in [1.807, 2.05) is 42.6 Å². The van der Waals surface area contributed by atoms with Crippen LogP contribution < -0.4 is 5.32 Å². The summed E-state index contributed by atoms with van der Waals surface area (Å²) in [7, 11) is 0. The van der Waals surface area contributed by atoms with Crippen LogP contribution in [0.3, 0.4) is 0 Å². The van der Waals surface area contributed by atoms with Crippen LogP contribution >= 0.6 is 0 Å². The van der Waals surface area contributed by atoms with Crippen LogP contribution in [0.5, 0.6) is 0 Å². The smallest absolute Gasteiger partial charge is 0.410 e. The summed E-state index contributed by atoms with van der Waals surface area (Å²) in [5.74, 6) is 1.63. The molecule has 31 heavy (non-hydrogen) atoms. The number of aryl methyl sites for hydroxylation is 1. The molecule has 0 spiro atoms. The second kappa shape index (κ2) is 10.9. The van der Waals surface area contributed by atoms with E-state index in [4.69, 9.17) is 9.73 Å². The Balaban J connectivity index is 1.52. The van der Waals surface area contributed by atoms with Crippen molar-refractivity contribution < 1.29 is 9.53 Å². The maximum absolute atomic E-state index is 12.9. The van der Waals surface area contributed by atoms with Crippen LogP contribution in [0, 0.1) is 5.92 Å². The van der Waals surface area contributed by atoms with Gasteiger partial charge in [0.1, 0.15) is 5.60 Å². The molecule has 1 saturated heterocycles. The van der Waals surface area contributed by atoms with Gasteiger partial charge in [0.2, 0.25) is 0 Å². The molecule has 1 N–H and O–H groups in total. The first-order valence-electron chi connectivity index (χ1n) is 11.9. The molecule has 1 saturated carbocycles. The van der Waals surface area contributed by atoms with Crippen molar-refractivity contribution in [3.63, 3.8) is 0 Å². The quantitative estimate of drug-likeness (QED) is 0.387. The van der Waals surface area contributed by atoms with Gasteiger partial charge >= 0.3 is 6.09 Å². The lowest BCUT2D eigenvalue weighted by atomic mass is 10.0. The van der Waals surface area contributed by atoms with Crippen LogP contribution in [-0.4, -0.2) is 76.0 Å². The monoisotopic (exact) mass is 432 g/mol. The molecule has 0 unspecified atom stereocenters. The number of aliphatic imine (C=N–C) groups is 1. The van der Waals surface area contributed by atoms with Gasteiger partial charge in [-0.1, -0.05) is 0 Å². The molecular weight excluding hydrogens is 392 g/mol. The summed E-state index contributed by atoms with van der Waals surface area (Å²) < 4.78 is 7.66. The Morgan fingerprint density at radius 1 is 1.26 bits per heavy atom. The normalized spacial score (nSPS) is 18.2. The number of carbonyl (C=O) groups is 1. The topological polar surface area (TPSA) is 75.0 Å². The van der Waals surface area contributed by atoms with Gasteiger partial charge in [0.05, 0.1) is 0 Å². The predicted octanol–water partition coefficient (Wildman–Crippen LogP) is 3.35. The molecule has 0 aromatic carbocycles. The van der Waals surface area contributed by atoms with Crippen LogP contribution in [0.1, 0.15) is 59.8 Å². The molecule has 8 nitrogen and oxygen atoms in total. The number of guanidine groups is 1. The van der Waals surface area contributed by atoms with Crippen molar-refractivity contribution >= 4 is 12.1 Å². The number of hydrogen-bond donors (Lipinski definition) is 1. The Kier molecular flexibility index (Phi) is 8.21. The SMILES string of the molecule is CCNC(=NCCCn1cccn1)N1CCC(N(CC2CC2)C(=O)OC(C)(C)C)CC1. The van der Waals surface area contributed by atoms with E-state index in [0.717, 1.165) is 64.5 Å². The first-order valence-corrected chi connectivity index (χ1v) is 11.9. The van der Waals surface area contributed by atoms with E-state index < -0.39 is 5.60 Å². The summed E-state index contributed by atoms with van der Waals surface area (Å²) in [6.45, 7) is 13.1. The van der Waals surface area contributed by atoms with Gasteiger partial charge in [0.15, 0.2) is 5.96 Å². The molecule has 1 aromatic heterocycles. The minimum absolute atomic E-state index is 0.156. The van der Waals surface area contributed by atoms with Crippen molar-refractivity contribution in [1.29, 1.82) is 0 Å². The van der Waals surface area contributed by atoms with Gasteiger partial charge in [-0.25, -0.2) is 4.79 Å². The average Bonchev–Trinajstić information content (AvgIpc) is 3.39. The average molecular weight is 433 g/mol. The van der Waals surface area contributed by atoms with Crippen LogP contribution in [0.15, 0.2) is 23.5 Å². The lowest BCUT2D eigenvalue weighted by Gasteiger charge is -2.40. The van der Waals surface area contributed by atoms with Crippen molar-refractivity contribution in [2.75, 3.05) is 32.7 Å². The summed E-state index contributed by atoms with van der Waals surface area (Å²) in [4.78, 5) is 22.0. The maximum Gasteiger partial charge on any atom is 0.410 e. The number of hydrogen-bond acceptors (Lipinski definition) is 4. The minimum atomic E-state index is -0.458. The zero-order valence-corrected chi connectivity index (χ0v) is 19.7. The molecule has 2 heterocycles. The fourth-order valence-corrected chi connectivity index (χ4v) is 3.94. The van der Waals surface area contributed by atoms with Crippen molar-refractivity contribution in [2.24, 2.45) is 10.9 Å². The van der Waals surface area contributed by atoms with Gasteiger partial charge in [0.25, 0.3) is 0 Å². The highest BCUT2D eigenvalue weighted by Crippen LogP contribution is 2.32. The molecule has 1 aromatic rings. The zero-order chi connectivity index (χ0) is 22.3. The molecule has 1 aliphatic carbocycles. The third-order valence-corrected chi connectivity index (χ3v) is 5.69. The van der Waals surface area contributed by atoms with E-state index in [0.29, 0.717) is 5.92 Å². The highest BCUT2D eigenvalue weighted by Gasteiger charge is 2.35. The van der Waals surface area contributed by atoms with E-state index in [9.17, 15) is 4.79 Å². The van der Waals surface area contributed by atoms with Crippen molar-refractivity contribution in [2.45, 2.75) is 78.0 Å². The minimum Gasteiger partial charge on any atom is -0.444 e. The molecule has 8 heteroatoms. The van der Waals surface area contributed by atoms with E-state index in [-0.39, 0.29) is 12.1 Å². The molecule has 1 aliphatic heterocycles. The van der Waals surface area contributed by atoms with Crippen LogP contribution in [0.4, 0.5) is 4.79 Å². The summed E-state index contributed by atoms with van der Waals surface area (Å²) in [5.41, 5.74) is -0.458. The van der Waals surface area contributed by atoms with E-state index in [1.165, 1.54) is 12.8 Å². The van der Waals surface area contributed by atoms with Gasteiger partial charge in [0, 0.05) is 57.7 Å². The second-order valence-electron chi connectivity index (χ2n) is 9.65. The molecule has 2 aliphatic rings. The number of nitrogens with zero attached hydrogens (tertiary/aromatic N) is 5. The van der Waals surface area contributed by atoms with Crippen LogP contribution in [-0.2, 0) is 11.3 Å². The first kappa shape index (κ1) is 23.4. The van der Waals surface area contributed by atoms with Gasteiger partial charge in [-0.15, -0.1) is 0 Å². The number of ether oxygens (including phenoxy) is 1. The largest absolute Gasteiger partial charge is 0.444 e. The van der Waals surface area contributed by atoms with Crippen molar-refractivity contribution in [3.05, 3.63) is 18.5 Å². The highest BCUT2D eigenvalue weighted by atomic mass is 16.6. The Hall–Kier alpha value is -2.25. The maximum atomic E-state index is 12.9. The molecule has 0 atom stereocenters. The second-order valence-corrected chi connectivity index (χ2v) is 9.65. The van der Waals surface area contributed by atoms with Gasteiger partial charge in [-0.3, -0.25) is 9.67 Å². The number of nitrogens with one attached hydrogen (secondary N) is 1. The lowest BCUT2D eigenvalue weighted by Crippen LogP contribution is -2.52. The molecule has 174 valence electrons. The molecule has 3 rings (SSSR count). The summed E-state index contributed by atoms with van der Waals surface area (Å²) in [6, 6.07) is 2.19. The van der Waals surface area contributed by atoms with E-state index in [1.54, 1.807) is 6.20 Å². The predicted molar refractivity (Wildman–Crippen MR) is 123 cm³/mol. The van der Waals surface area contributed by atoms with Gasteiger partial charge in [-0.2, -0.15) is 5.10 Å². The summed E-state index contributed by atoms with van der Waals surface area (Å²) in [5, 5.41) is 7.68.